The van der Waals surface area contributed by atoms with Gasteiger partial charge in [0, 0.05) is 25.4 Å². The van der Waals surface area contributed by atoms with E-state index in [2.05, 4.69) is 15.1 Å². The van der Waals surface area contributed by atoms with E-state index in [9.17, 15) is 18.3 Å². The van der Waals surface area contributed by atoms with Crippen LogP contribution in [-0.4, -0.2) is 32.6 Å². The molecular weight excluding hydrogens is 311 g/mol. The molecule has 0 saturated carbocycles. The Morgan fingerprint density at radius 3 is 2.48 bits per heavy atom. The van der Waals surface area contributed by atoms with Crippen LogP contribution in [0.25, 0.3) is 0 Å². The molecule has 0 saturated heterocycles. The summed E-state index contributed by atoms with van der Waals surface area (Å²) < 4.78 is 39.8. The zero-order valence-corrected chi connectivity index (χ0v) is 12.2. The molecule has 0 radical (unpaired) electrons. The molecule has 1 aliphatic rings. The lowest BCUT2D eigenvalue weighted by Gasteiger charge is -2.22. The van der Waals surface area contributed by atoms with Gasteiger partial charge in [-0.1, -0.05) is 29.4 Å². The molecule has 1 aliphatic heterocycles. The maximum atomic E-state index is 12.7. The summed E-state index contributed by atoms with van der Waals surface area (Å²) in [5, 5.41) is 16.9. The number of alkyl halides is 3. The normalized spacial score (nSPS) is 21.2. The van der Waals surface area contributed by atoms with E-state index >= 15 is 0 Å². The molecule has 1 atom stereocenters. The number of rotatable bonds is 3. The molecule has 8 heteroatoms. The highest BCUT2D eigenvalue weighted by Gasteiger charge is 2.60. The summed E-state index contributed by atoms with van der Waals surface area (Å²) in [6.45, 7) is 0. The summed E-state index contributed by atoms with van der Waals surface area (Å²) in [7, 11) is 1.84. The zero-order valence-electron chi connectivity index (χ0n) is 12.2. The molecule has 122 valence electrons. The van der Waals surface area contributed by atoms with Crippen LogP contribution in [0.4, 0.5) is 13.2 Å². The van der Waals surface area contributed by atoms with Gasteiger partial charge in [0.25, 0.3) is 0 Å². The van der Waals surface area contributed by atoms with Gasteiger partial charge >= 0.3 is 12.0 Å². The number of aromatic nitrogens is 2. The van der Waals surface area contributed by atoms with Crippen LogP contribution in [0.5, 0.6) is 0 Å². The van der Waals surface area contributed by atoms with Crippen molar-refractivity contribution in [1.29, 1.82) is 0 Å². The number of halogens is 3. The third-order valence-corrected chi connectivity index (χ3v) is 3.75. The minimum atomic E-state index is -4.89. The second kappa shape index (κ2) is 5.38. The summed E-state index contributed by atoms with van der Waals surface area (Å²) in [4.78, 5) is 4.21. The van der Waals surface area contributed by atoms with Crippen molar-refractivity contribution in [1.82, 2.24) is 9.78 Å². The van der Waals surface area contributed by atoms with E-state index in [1.54, 1.807) is 35.1 Å². The van der Waals surface area contributed by atoms with Gasteiger partial charge in [0.15, 0.2) is 0 Å². The number of aliphatic hydroxyl groups is 1. The molecule has 1 aromatic heterocycles. The van der Waals surface area contributed by atoms with E-state index in [1.807, 2.05) is 13.1 Å². The molecule has 0 fully saturated rings. The Morgan fingerprint density at radius 1 is 1.26 bits per heavy atom. The number of hydrogen-bond acceptors (Lipinski definition) is 4. The van der Waals surface area contributed by atoms with Crippen molar-refractivity contribution in [2.45, 2.75) is 24.8 Å². The molecule has 2 heterocycles. The lowest BCUT2D eigenvalue weighted by molar-refractivity contribution is -0.355. The highest BCUT2D eigenvalue weighted by atomic mass is 19.4. The molecule has 0 spiro atoms. The lowest BCUT2D eigenvalue weighted by atomic mass is 10.0. The van der Waals surface area contributed by atoms with Crippen molar-refractivity contribution < 1.29 is 23.1 Å². The van der Waals surface area contributed by atoms with Crippen LogP contribution in [0, 0.1) is 0 Å². The molecule has 1 aromatic carbocycles. The van der Waals surface area contributed by atoms with E-state index in [1.165, 1.54) is 0 Å². The summed E-state index contributed by atoms with van der Waals surface area (Å²) in [5.41, 5.74) is 2.56. The molecule has 0 bridgehead atoms. The first-order chi connectivity index (χ1) is 10.8. The second-order valence-corrected chi connectivity index (χ2v) is 5.41. The molecule has 0 amide bonds. The van der Waals surface area contributed by atoms with Crippen molar-refractivity contribution >= 4 is 5.71 Å². The first kappa shape index (κ1) is 15.5. The van der Waals surface area contributed by atoms with Gasteiger partial charge in [-0.3, -0.25) is 4.68 Å². The maximum Gasteiger partial charge on any atom is 0.458 e. The van der Waals surface area contributed by atoms with Gasteiger partial charge in [0.05, 0.1) is 12.1 Å². The molecule has 0 aliphatic carbocycles. The van der Waals surface area contributed by atoms with Gasteiger partial charge in [0.2, 0.25) is 0 Å². The molecular formula is C15H14F3N3O2. The van der Waals surface area contributed by atoms with Crippen LogP contribution in [0.2, 0.25) is 0 Å². The first-order valence-corrected chi connectivity index (χ1v) is 6.89. The van der Waals surface area contributed by atoms with Gasteiger partial charge in [-0.15, -0.1) is 0 Å². The monoisotopic (exact) mass is 325 g/mol. The number of aryl methyl sites for hydroxylation is 1. The van der Waals surface area contributed by atoms with Crippen LogP contribution < -0.4 is 0 Å². The van der Waals surface area contributed by atoms with Crippen molar-refractivity contribution in [3.63, 3.8) is 0 Å². The fraction of sp³-hybridized carbons (Fsp3) is 0.333. The molecule has 23 heavy (non-hydrogen) atoms. The van der Waals surface area contributed by atoms with Crippen molar-refractivity contribution in [3.8, 4) is 0 Å². The topological polar surface area (TPSA) is 59.6 Å². The largest absolute Gasteiger partial charge is 0.458 e. The van der Waals surface area contributed by atoms with Gasteiger partial charge < -0.3 is 9.94 Å². The van der Waals surface area contributed by atoms with E-state index in [4.69, 9.17) is 0 Å². The number of benzene rings is 1. The fourth-order valence-corrected chi connectivity index (χ4v) is 2.33. The van der Waals surface area contributed by atoms with Gasteiger partial charge in [-0.2, -0.15) is 18.3 Å². The third-order valence-electron chi connectivity index (χ3n) is 3.75. The Hall–Kier alpha value is -2.35. The number of hydrogen-bond donors (Lipinski definition) is 1. The highest BCUT2D eigenvalue weighted by molar-refractivity contribution is 6.01. The number of oxime groups is 1. The Balaban J connectivity index is 1.73. The van der Waals surface area contributed by atoms with Gasteiger partial charge in [-0.25, -0.2) is 0 Å². The predicted molar refractivity (Wildman–Crippen MR) is 75.7 cm³/mol. The van der Waals surface area contributed by atoms with Crippen LogP contribution in [-0.2, 0) is 18.3 Å². The van der Waals surface area contributed by atoms with Gasteiger partial charge in [0.1, 0.15) is 0 Å². The Morgan fingerprint density at radius 2 is 1.96 bits per heavy atom. The minimum absolute atomic E-state index is 0.0666. The lowest BCUT2D eigenvalue weighted by Crippen LogP contribution is -2.45. The van der Waals surface area contributed by atoms with Crippen molar-refractivity contribution in [2.75, 3.05) is 0 Å². The van der Waals surface area contributed by atoms with Crippen LogP contribution in [0.15, 0.2) is 41.7 Å². The highest BCUT2D eigenvalue weighted by Crippen LogP contribution is 2.38. The quantitative estimate of drug-likeness (QED) is 0.942. The second-order valence-electron chi connectivity index (χ2n) is 5.41. The maximum absolute atomic E-state index is 12.7. The average Bonchev–Trinajstić information content (AvgIpc) is 3.07. The average molecular weight is 325 g/mol. The summed E-state index contributed by atoms with van der Waals surface area (Å²) in [5.74, 6) is -3.24. The summed E-state index contributed by atoms with van der Waals surface area (Å²) in [6.07, 6.45) is -3.26. The van der Waals surface area contributed by atoms with Crippen LogP contribution >= 0.6 is 0 Å². The van der Waals surface area contributed by atoms with E-state index in [0.717, 1.165) is 11.3 Å². The molecule has 1 unspecified atom stereocenters. The molecule has 1 N–H and O–H groups in total. The first-order valence-electron chi connectivity index (χ1n) is 6.89. The SMILES string of the molecule is Cn1nccc1Cc1ccc(C2=NOC(O)(C(F)(F)F)C2)cc1. The predicted octanol–water partition coefficient (Wildman–Crippen LogP) is 2.39. The Bertz CT molecular complexity index is 737. The standard InChI is InChI=1S/C15H14F3N3O2/c1-21-12(6-7-19-21)8-10-2-4-11(5-3-10)13-9-14(22,23-20-13)15(16,17)18/h2-7,22H,8-9H2,1H3. The Labute approximate surface area is 130 Å². The smallest absolute Gasteiger partial charge is 0.350 e. The van der Waals surface area contributed by atoms with E-state index < -0.39 is 18.4 Å². The van der Waals surface area contributed by atoms with Crippen molar-refractivity contribution in [2.24, 2.45) is 12.2 Å². The number of nitrogens with zero attached hydrogens (tertiary/aromatic N) is 3. The van der Waals surface area contributed by atoms with Gasteiger partial charge in [-0.05, 0) is 17.2 Å². The Kier molecular flexibility index (Phi) is 3.63. The molecule has 5 nitrogen and oxygen atoms in total. The third kappa shape index (κ3) is 2.94. The van der Waals surface area contributed by atoms with E-state index in [0.29, 0.717) is 12.0 Å². The summed E-state index contributed by atoms with van der Waals surface area (Å²) >= 11 is 0. The molecule has 2 aromatic rings. The van der Waals surface area contributed by atoms with Crippen molar-refractivity contribution in [3.05, 3.63) is 53.3 Å². The summed E-state index contributed by atoms with van der Waals surface area (Å²) in [6, 6.07) is 8.82. The van der Waals surface area contributed by atoms with Crippen LogP contribution in [0.1, 0.15) is 23.2 Å². The molecule has 3 rings (SSSR count). The zero-order chi connectivity index (χ0) is 16.7. The minimum Gasteiger partial charge on any atom is -0.350 e. The van der Waals surface area contributed by atoms with Crippen LogP contribution in [0.3, 0.4) is 0 Å². The van der Waals surface area contributed by atoms with E-state index in [-0.39, 0.29) is 5.71 Å². The fourth-order valence-electron chi connectivity index (χ4n) is 2.33.